The molecule has 7 nitrogen and oxygen atoms in total. The lowest BCUT2D eigenvalue weighted by molar-refractivity contribution is 0.323. The summed E-state index contributed by atoms with van der Waals surface area (Å²) >= 11 is 0. The van der Waals surface area contributed by atoms with Gasteiger partial charge >= 0.3 is 0 Å². The van der Waals surface area contributed by atoms with Crippen LogP contribution in [0.1, 0.15) is 41.0 Å². The van der Waals surface area contributed by atoms with Gasteiger partial charge in [-0.2, -0.15) is 5.26 Å². The molecule has 7 heteroatoms. The molecule has 0 amide bonds. The van der Waals surface area contributed by atoms with Gasteiger partial charge in [-0.15, -0.1) is 0 Å². The van der Waals surface area contributed by atoms with E-state index < -0.39 is 0 Å². The Morgan fingerprint density at radius 1 is 1.03 bits per heavy atom. The van der Waals surface area contributed by atoms with E-state index in [2.05, 4.69) is 17.0 Å². The van der Waals surface area contributed by atoms with Crippen molar-refractivity contribution >= 4 is 5.69 Å². The normalized spacial score (nSPS) is 18.8. The zero-order valence-corrected chi connectivity index (χ0v) is 18.7. The first-order valence-corrected chi connectivity index (χ1v) is 10.9. The number of hydrogen-bond acceptors (Lipinski definition) is 7. The van der Waals surface area contributed by atoms with Crippen LogP contribution in [0.5, 0.6) is 23.0 Å². The van der Waals surface area contributed by atoms with E-state index in [-0.39, 0.29) is 11.8 Å². The predicted molar refractivity (Wildman–Crippen MR) is 121 cm³/mol. The maximum Gasteiger partial charge on any atom is 0.205 e. The molecule has 0 saturated carbocycles. The summed E-state index contributed by atoms with van der Waals surface area (Å²) in [5.74, 6) is 2.16. The summed E-state index contributed by atoms with van der Waals surface area (Å²) in [5.41, 5.74) is 12.4. The van der Waals surface area contributed by atoms with Crippen LogP contribution in [-0.4, -0.2) is 34.4 Å². The highest BCUT2D eigenvalue weighted by atomic mass is 16.5. The van der Waals surface area contributed by atoms with Crippen LogP contribution < -0.4 is 29.6 Å². The van der Waals surface area contributed by atoms with Crippen LogP contribution in [0, 0.1) is 11.3 Å². The van der Waals surface area contributed by atoms with Crippen LogP contribution in [0.2, 0.25) is 0 Å². The topological polar surface area (TPSA) is 90.0 Å². The fraction of sp³-hybridized carbons (Fsp3) is 0.400. The van der Waals surface area contributed by atoms with Crippen molar-refractivity contribution in [1.82, 2.24) is 0 Å². The van der Waals surface area contributed by atoms with Gasteiger partial charge in [0.1, 0.15) is 17.4 Å². The van der Waals surface area contributed by atoms with Gasteiger partial charge < -0.3 is 29.6 Å². The zero-order valence-electron chi connectivity index (χ0n) is 18.7. The summed E-state index contributed by atoms with van der Waals surface area (Å²) in [6.45, 7) is 2.15. The third kappa shape index (κ3) is 2.94. The lowest BCUT2D eigenvalue weighted by Gasteiger charge is -2.40. The lowest BCUT2D eigenvalue weighted by Crippen LogP contribution is -2.35. The molecule has 0 aliphatic carbocycles. The van der Waals surface area contributed by atoms with Gasteiger partial charge in [0.15, 0.2) is 11.5 Å². The van der Waals surface area contributed by atoms with Crippen molar-refractivity contribution in [3.05, 3.63) is 51.9 Å². The molecule has 0 spiro atoms. The third-order valence-electron chi connectivity index (χ3n) is 6.72. The number of ether oxygens (including phenoxy) is 4. The second-order valence-corrected chi connectivity index (χ2v) is 8.36. The number of anilines is 1. The number of hydrogen-bond donors (Lipinski definition) is 1. The Balaban J connectivity index is 1.77. The molecular formula is C25H27N3O4. The van der Waals surface area contributed by atoms with Crippen molar-refractivity contribution in [3.8, 4) is 29.1 Å². The van der Waals surface area contributed by atoms with Gasteiger partial charge in [-0.3, -0.25) is 0 Å². The second-order valence-electron chi connectivity index (χ2n) is 8.36. The number of rotatable bonds is 4. The molecule has 1 unspecified atom stereocenters. The molecule has 0 aromatic heterocycles. The van der Waals surface area contributed by atoms with Crippen molar-refractivity contribution in [2.75, 3.05) is 39.3 Å². The van der Waals surface area contributed by atoms with Crippen molar-refractivity contribution in [1.29, 1.82) is 5.26 Å². The van der Waals surface area contributed by atoms with E-state index in [0.29, 0.717) is 22.8 Å². The molecule has 1 atom stereocenters. The molecule has 166 valence electrons. The highest BCUT2D eigenvalue weighted by Gasteiger charge is 2.37. The van der Waals surface area contributed by atoms with Gasteiger partial charge in [-0.1, -0.05) is 0 Å². The van der Waals surface area contributed by atoms with Crippen LogP contribution >= 0.6 is 0 Å². The maximum absolute atomic E-state index is 10.0. The summed E-state index contributed by atoms with van der Waals surface area (Å²) in [5, 5.41) is 10.0. The van der Waals surface area contributed by atoms with Gasteiger partial charge in [0.05, 0.1) is 27.2 Å². The van der Waals surface area contributed by atoms with E-state index in [9.17, 15) is 5.26 Å². The van der Waals surface area contributed by atoms with E-state index in [0.717, 1.165) is 55.6 Å². The summed E-state index contributed by atoms with van der Waals surface area (Å²) in [7, 11) is 4.75. The summed E-state index contributed by atoms with van der Waals surface area (Å²) in [6, 6.07) is 8.29. The number of nitriles is 1. The first-order chi connectivity index (χ1) is 15.6. The highest BCUT2D eigenvalue weighted by molar-refractivity contribution is 5.73. The Hall–Kier alpha value is -3.53. The Morgan fingerprint density at radius 3 is 2.34 bits per heavy atom. The molecule has 0 fully saturated rings. The fourth-order valence-corrected chi connectivity index (χ4v) is 5.39. The van der Waals surface area contributed by atoms with Gasteiger partial charge in [0, 0.05) is 29.9 Å². The number of benzene rings is 2. The Labute approximate surface area is 187 Å². The molecular weight excluding hydrogens is 406 g/mol. The molecule has 0 radical (unpaired) electrons. The zero-order chi connectivity index (χ0) is 22.4. The van der Waals surface area contributed by atoms with E-state index >= 15 is 0 Å². The number of aryl methyl sites for hydroxylation is 1. The molecule has 3 aliphatic heterocycles. The Bertz CT molecular complexity index is 1140. The van der Waals surface area contributed by atoms with Crippen LogP contribution in [0.4, 0.5) is 5.69 Å². The molecule has 2 aromatic carbocycles. The predicted octanol–water partition coefficient (Wildman–Crippen LogP) is 3.63. The van der Waals surface area contributed by atoms with Crippen LogP contribution in [0.15, 0.2) is 29.7 Å². The van der Waals surface area contributed by atoms with Crippen LogP contribution in [0.25, 0.3) is 0 Å². The molecule has 5 rings (SSSR count). The highest BCUT2D eigenvalue weighted by Crippen LogP contribution is 2.52. The maximum atomic E-state index is 10.0. The SMILES string of the molecule is COc1cc(C2C(C#N)=C(N)Oc3c2cc2c4c3CCCN4CCC2)cc(OC)c1OC. The number of methoxy groups -OCH3 is 3. The fourth-order valence-electron chi connectivity index (χ4n) is 5.39. The monoisotopic (exact) mass is 433 g/mol. The van der Waals surface area contributed by atoms with Gasteiger partial charge in [-0.05, 0) is 55.0 Å². The average Bonchev–Trinajstić information content (AvgIpc) is 2.83. The van der Waals surface area contributed by atoms with E-state index in [1.54, 1.807) is 21.3 Å². The molecule has 3 aliphatic rings. The number of nitrogens with zero attached hydrogens (tertiary/aromatic N) is 2. The minimum atomic E-state index is -0.378. The quantitative estimate of drug-likeness (QED) is 0.787. The summed E-state index contributed by atoms with van der Waals surface area (Å²) < 4.78 is 22.8. The largest absolute Gasteiger partial charge is 0.493 e. The Kier molecular flexibility index (Phi) is 5.01. The van der Waals surface area contributed by atoms with E-state index in [1.807, 2.05) is 12.1 Å². The van der Waals surface area contributed by atoms with Gasteiger partial charge in [-0.25, -0.2) is 0 Å². The summed E-state index contributed by atoms with van der Waals surface area (Å²) in [6.07, 6.45) is 4.17. The molecule has 2 aromatic rings. The van der Waals surface area contributed by atoms with Crippen LogP contribution in [0.3, 0.4) is 0 Å². The standard InChI is InChI=1S/C25H27N3O4/c1-29-19-11-15(12-20(30-2)24(19)31-3)21-17-10-14-6-4-8-28-9-5-7-16(22(14)28)23(17)32-25(27)18(21)13-26/h10-12,21H,4-9,27H2,1-3H3. The van der Waals surface area contributed by atoms with E-state index in [1.165, 1.54) is 16.8 Å². The van der Waals surface area contributed by atoms with Gasteiger partial charge in [0.2, 0.25) is 11.6 Å². The average molecular weight is 434 g/mol. The lowest BCUT2D eigenvalue weighted by atomic mass is 9.79. The molecule has 32 heavy (non-hydrogen) atoms. The van der Waals surface area contributed by atoms with Crippen molar-refractivity contribution in [3.63, 3.8) is 0 Å². The van der Waals surface area contributed by atoms with Crippen molar-refractivity contribution in [2.45, 2.75) is 31.6 Å². The Morgan fingerprint density at radius 2 is 1.72 bits per heavy atom. The first-order valence-electron chi connectivity index (χ1n) is 10.9. The minimum absolute atomic E-state index is 0.155. The molecule has 0 saturated heterocycles. The number of fused-ring (bicyclic) bond motifs is 2. The first kappa shape index (κ1) is 20.4. The van der Waals surface area contributed by atoms with Gasteiger partial charge in [0.25, 0.3) is 0 Å². The number of nitrogens with two attached hydrogens (primary N) is 1. The smallest absolute Gasteiger partial charge is 0.205 e. The van der Waals surface area contributed by atoms with Crippen molar-refractivity contribution in [2.24, 2.45) is 5.73 Å². The molecule has 0 bridgehead atoms. The third-order valence-corrected chi connectivity index (χ3v) is 6.72. The van der Waals surface area contributed by atoms with E-state index in [4.69, 9.17) is 24.7 Å². The molecule has 3 heterocycles. The molecule has 2 N–H and O–H groups in total. The second kappa shape index (κ2) is 7.86. The van der Waals surface area contributed by atoms with Crippen molar-refractivity contribution < 1.29 is 18.9 Å². The minimum Gasteiger partial charge on any atom is -0.493 e. The summed E-state index contributed by atoms with van der Waals surface area (Å²) in [4.78, 5) is 2.47. The van der Waals surface area contributed by atoms with Crippen LogP contribution in [-0.2, 0) is 12.8 Å². The number of allylic oxidation sites excluding steroid dienone is 1.